The minimum atomic E-state index is -4.08. The molecule has 0 saturated heterocycles. The van der Waals surface area contributed by atoms with Gasteiger partial charge in [-0.3, -0.25) is 0 Å². The summed E-state index contributed by atoms with van der Waals surface area (Å²) in [6.45, 7) is 0. The second-order valence-corrected chi connectivity index (χ2v) is 5.15. The van der Waals surface area contributed by atoms with Gasteiger partial charge in [0.05, 0.1) is 0 Å². The minimum Gasteiger partial charge on any atom is 0 e. The Labute approximate surface area is 189 Å². The molecule has 0 saturated carbocycles. The SMILES string of the molecule is [Bi+3].[O]=[Ti]([O-])[O-].[O]=[Ti]([O-])[O-].[O]=[Ti]([O-])[O-].[O]=[Ti]([O-])[O-].[O]=[Ti]([O-])[O-].[Re]. The van der Waals surface area contributed by atoms with E-state index in [9.17, 15) is 0 Å². The smallest absolute Gasteiger partial charge is 0 e. The molecular weight excluding hydrogens is 875 g/mol. The summed E-state index contributed by atoms with van der Waals surface area (Å²) in [5, 5.41) is 0. The fraction of sp³-hybridized carbons (Fsp3) is 0. The van der Waals surface area contributed by atoms with Crippen LogP contribution in [0.15, 0.2) is 0 Å². The second kappa shape index (κ2) is 39.7. The molecule has 0 amide bonds. The summed E-state index contributed by atoms with van der Waals surface area (Å²) in [6.07, 6.45) is 0. The molecule has 0 aromatic rings. The molecule has 0 atom stereocenters. The molecule has 0 aromatic carbocycles. The molecule has 0 unspecified atom stereocenters. The van der Waals surface area contributed by atoms with Crippen LogP contribution < -0.4 is 36.9 Å². The van der Waals surface area contributed by atoms with Gasteiger partial charge in [-0.2, -0.15) is 0 Å². The van der Waals surface area contributed by atoms with E-state index < -0.39 is 93.1 Å². The Bertz CT molecular complexity index is 213. The Balaban J connectivity index is -0.0000000250. The number of hydrogen-bond donors (Lipinski definition) is 0. The molecule has 0 spiro atoms. The molecule has 0 aliphatic rings. The van der Waals surface area contributed by atoms with Gasteiger partial charge in [0.2, 0.25) is 0 Å². The average Bonchev–Trinajstić information content (AvgIpc) is 1.94. The van der Waals surface area contributed by atoms with Crippen molar-refractivity contribution in [2.45, 2.75) is 0 Å². The Morgan fingerprint density at radius 1 is 0.364 bits per heavy atom. The summed E-state index contributed by atoms with van der Waals surface area (Å²) in [5.74, 6) is 0. The summed E-state index contributed by atoms with van der Waals surface area (Å²) in [5.41, 5.74) is 0. The quantitative estimate of drug-likeness (QED) is 0.204. The van der Waals surface area contributed by atoms with Crippen molar-refractivity contribution in [3.8, 4) is 0 Å². The van der Waals surface area contributed by atoms with Crippen LogP contribution in [0.1, 0.15) is 0 Å². The topological polar surface area (TPSA) is 316 Å². The predicted octanol–water partition coefficient (Wildman–Crippen LogP) is -12.9. The van der Waals surface area contributed by atoms with Crippen molar-refractivity contribution in [1.82, 2.24) is 0 Å². The third-order valence-electron chi connectivity index (χ3n) is 0. The molecule has 0 rings (SSSR count). The number of rotatable bonds is 0. The van der Waals surface area contributed by atoms with E-state index in [0.29, 0.717) is 0 Å². The molecule has 0 fully saturated rings. The van der Waals surface area contributed by atoms with Gasteiger partial charge in [-0.25, -0.2) is 0 Å². The first kappa shape index (κ1) is 44.8. The average molecular weight is 875 g/mol. The zero-order chi connectivity index (χ0) is 17.9. The van der Waals surface area contributed by atoms with Gasteiger partial charge in [0.25, 0.3) is 0 Å². The minimum absolute atomic E-state index is 0. The summed E-state index contributed by atoms with van der Waals surface area (Å²) in [6, 6.07) is 0. The maximum absolute atomic E-state index is 8.58. The van der Waals surface area contributed by atoms with E-state index in [2.05, 4.69) is 0 Å². The van der Waals surface area contributed by atoms with Gasteiger partial charge < -0.3 is 0 Å². The standard InChI is InChI=1S/Bi.15O.Re.5Ti/q+3;;;;;;10*-1;;;;;;. The summed E-state index contributed by atoms with van der Waals surface area (Å²) >= 11 is -20.4. The van der Waals surface area contributed by atoms with Gasteiger partial charge >= 0.3 is 173 Å². The van der Waals surface area contributed by atoms with Crippen LogP contribution in [0.25, 0.3) is 0 Å². The van der Waals surface area contributed by atoms with Gasteiger partial charge in [-0.05, 0) is 0 Å². The Morgan fingerprint density at radius 2 is 0.364 bits per heavy atom. The molecule has 22 heteroatoms. The van der Waals surface area contributed by atoms with Crippen LogP contribution in [0, 0.1) is 0 Å². The van der Waals surface area contributed by atoms with Crippen molar-refractivity contribution < 1.29 is 167 Å². The van der Waals surface area contributed by atoms with E-state index in [4.69, 9.17) is 53.5 Å². The van der Waals surface area contributed by atoms with Crippen molar-refractivity contribution >= 4 is 26.2 Å². The van der Waals surface area contributed by atoms with Crippen LogP contribution in [0.4, 0.5) is 0 Å². The van der Waals surface area contributed by atoms with Gasteiger partial charge in [-0.1, -0.05) is 0 Å². The largest absolute Gasteiger partial charge is 0 e. The van der Waals surface area contributed by atoms with Gasteiger partial charge in [0.1, 0.15) is 0 Å². The van der Waals surface area contributed by atoms with Crippen LogP contribution in [0.3, 0.4) is 0 Å². The van der Waals surface area contributed by atoms with Crippen molar-refractivity contribution in [3.05, 3.63) is 0 Å². The maximum Gasteiger partial charge on any atom is 0 e. The molecule has 0 heterocycles. The third kappa shape index (κ3) is 886. The van der Waals surface area contributed by atoms with Crippen molar-refractivity contribution in [2.75, 3.05) is 0 Å². The van der Waals surface area contributed by atoms with E-state index in [-0.39, 0.29) is 46.6 Å². The fourth-order valence-electron chi connectivity index (χ4n) is 0. The predicted molar refractivity (Wildman–Crippen MR) is 9.19 cm³/mol. The van der Waals surface area contributed by atoms with Crippen molar-refractivity contribution in [2.24, 2.45) is 0 Å². The van der Waals surface area contributed by atoms with E-state index in [1.807, 2.05) is 0 Å². The van der Waals surface area contributed by atoms with E-state index in [1.54, 1.807) is 0 Å². The van der Waals surface area contributed by atoms with Crippen LogP contribution >= 0.6 is 0 Å². The van der Waals surface area contributed by atoms with Crippen molar-refractivity contribution in [3.63, 3.8) is 0 Å². The van der Waals surface area contributed by atoms with Crippen LogP contribution in [-0.2, 0) is 130 Å². The van der Waals surface area contributed by atoms with Crippen molar-refractivity contribution in [1.29, 1.82) is 0 Å². The van der Waals surface area contributed by atoms with E-state index >= 15 is 0 Å². The first-order chi connectivity index (χ1) is 8.66. The Kier molecular flexibility index (Phi) is 80.9. The summed E-state index contributed by atoms with van der Waals surface area (Å²) in [7, 11) is 0. The van der Waals surface area contributed by atoms with Crippen LogP contribution in [0.5, 0.6) is 0 Å². The molecule has 0 aromatic heterocycles. The van der Waals surface area contributed by atoms with Gasteiger partial charge in [0.15, 0.2) is 0 Å². The second-order valence-electron chi connectivity index (χ2n) is 1.25. The molecule has 129 valence electrons. The zero-order valence-corrected chi connectivity index (χ0v) is 23.4. The van der Waals surface area contributed by atoms with E-state index in [1.165, 1.54) is 0 Å². The molecule has 3 radical (unpaired) electrons. The van der Waals surface area contributed by atoms with Gasteiger partial charge in [-0.15, -0.1) is 0 Å². The molecule has 0 aliphatic carbocycles. The summed E-state index contributed by atoms with van der Waals surface area (Å²) < 4.78 is 129. The molecule has 0 aliphatic heterocycles. The molecule has 15 nitrogen and oxygen atoms in total. The molecule has 0 N–H and O–H groups in total. The Hall–Kier alpha value is 3.72. The molecule has 22 heavy (non-hydrogen) atoms. The maximum atomic E-state index is 8.58. The summed E-state index contributed by atoms with van der Waals surface area (Å²) in [4.78, 5) is 0. The first-order valence-electron chi connectivity index (χ1n) is 3.06. The van der Waals surface area contributed by atoms with E-state index in [0.717, 1.165) is 0 Å². The third-order valence-corrected chi connectivity index (χ3v) is 0. The monoisotopic (exact) mass is 876 g/mol. The van der Waals surface area contributed by atoms with Crippen LogP contribution in [-0.4, -0.2) is 26.2 Å². The Morgan fingerprint density at radius 3 is 0.364 bits per heavy atom. The fourth-order valence-corrected chi connectivity index (χ4v) is 0. The van der Waals surface area contributed by atoms with Gasteiger partial charge in [0, 0.05) is 20.4 Å². The normalized spacial score (nSPS) is 5.91. The number of hydrogen-bond acceptors (Lipinski definition) is 15. The molecular formula is BiO15ReTi5-7. The van der Waals surface area contributed by atoms with Crippen LogP contribution in [0.2, 0.25) is 0 Å². The first-order valence-corrected chi connectivity index (χ1v) is 12.6. The zero-order valence-electron chi connectivity index (χ0n) is 9.45. The molecule has 0 bridgehead atoms.